The summed E-state index contributed by atoms with van der Waals surface area (Å²) in [6.45, 7) is 4.19. The molecule has 2 unspecified atom stereocenters. The highest BCUT2D eigenvalue weighted by Crippen LogP contribution is 2.43. The maximum Gasteiger partial charge on any atom is 0.472 e. The van der Waals surface area contributed by atoms with Gasteiger partial charge in [-0.25, -0.2) is 4.57 Å². The number of esters is 2. The molecule has 0 saturated heterocycles. The van der Waals surface area contributed by atoms with Crippen LogP contribution in [0, 0.1) is 0 Å². The molecule has 0 aromatic rings. The Morgan fingerprint density at radius 3 is 1.63 bits per heavy atom. The van der Waals surface area contributed by atoms with Gasteiger partial charge in [0.05, 0.1) is 27.7 Å². The SMILES string of the molecule is CC/C=C\C/C=C\C/C=C\C/C=C\CCCCCCCCCCCCC(=O)OC(COC(=O)CCCCCCC)COP(=O)(O)OCC[N+](C)(C)C. The first kappa shape index (κ1) is 50.0. The largest absolute Gasteiger partial charge is 0.472 e. The fourth-order valence-corrected chi connectivity index (χ4v) is 5.92. The number of phosphoric ester groups is 1. The summed E-state index contributed by atoms with van der Waals surface area (Å²) in [4.78, 5) is 35.0. The first-order chi connectivity index (χ1) is 25.0. The van der Waals surface area contributed by atoms with Gasteiger partial charge >= 0.3 is 19.8 Å². The van der Waals surface area contributed by atoms with Crippen LogP contribution in [0.2, 0.25) is 0 Å². The zero-order valence-corrected chi connectivity index (χ0v) is 34.7. The lowest BCUT2D eigenvalue weighted by molar-refractivity contribution is -0.870. The van der Waals surface area contributed by atoms with Crippen LogP contribution in [0.25, 0.3) is 0 Å². The first-order valence-electron chi connectivity index (χ1n) is 20.4. The minimum atomic E-state index is -4.36. The predicted molar refractivity (Wildman–Crippen MR) is 215 cm³/mol. The van der Waals surface area contributed by atoms with Crippen LogP contribution in [-0.4, -0.2) is 74.9 Å². The Bertz CT molecular complexity index is 1030. The van der Waals surface area contributed by atoms with E-state index in [4.69, 9.17) is 18.5 Å². The third-order valence-electron chi connectivity index (χ3n) is 8.37. The van der Waals surface area contributed by atoms with E-state index in [1.807, 2.05) is 21.1 Å². The summed E-state index contributed by atoms with van der Waals surface area (Å²) >= 11 is 0. The van der Waals surface area contributed by atoms with E-state index in [0.29, 0.717) is 17.4 Å². The second-order valence-corrected chi connectivity index (χ2v) is 16.1. The van der Waals surface area contributed by atoms with Crippen molar-refractivity contribution in [2.75, 3.05) is 47.5 Å². The monoisotopic (exact) mass is 755 g/mol. The van der Waals surface area contributed by atoms with E-state index in [9.17, 15) is 19.0 Å². The molecule has 0 heterocycles. The topological polar surface area (TPSA) is 108 Å². The van der Waals surface area contributed by atoms with Crippen LogP contribution >= 0.6 is 7.82 Å². The van der Waals surface area contributed by atoms with E-state index in [1.54, 1.807) is 0 Å². The van der Waals surface area contributed by atoms with Crippen LogP contribution in [0.1, 0.15) is 155 Å². The van der Waals surface area contributed by atoms with E-state index >= 15 is 0 Å². The fourth-order valence-electron chi connectivity index (χ4n) is 5.18. The molecule has 0 bridgehead atoms. The van der Waals surface area contributed by atoms with Gasteiger partial charge in [0.1, 0.15) is 19.8 Å². The zero-order valence-electron chi connectivity index (χ0n) is 33.8. The lowest BCUT2D eigenvalue weighted by atomic mass is 10.0. The van der Waals surface area contributed by atoms with Crippen LogP contribution in [0.3, 0.4) is 0 Å². The summed E-state index contributed by atoms with van der Waals surface area (Å²) in [6, 6.07) is 0. The molecule has 2 atom stereocenters. The molecule has 0 aromatic carbocycles. The molecule has 0 aliphatic rings. The number of ether oxygens (including phenoxy) is 2. The highest BCUT2D eigenvalue weighted by atomic mass is 31.2. The van der Waals surface area contributed by atoms with Gasteiger partial charge in [0, 0.05) is 12.8 Å². The average molecular weight is 755 g/mol. The van der Waals surface area contributed by atoms with E-state index in [-0.39, 0.29) is 32.0 Å². The summed E-state index contributed by atoms with van der Waals surface area (Å²) in [5.41, 5.74) is 0. The van der Waals surface area contributed by atoms with Crippen molar-refractivity contribution < 1.29 is 42.1 Å². The molecule has 0 amide bonds. The van der Waals surface area contributed by atoms with Crippen LogP contribution in [0.5, 0.6) is 0 Å². The van der Waals surface area contributed by atoms with Crippen LogP contribution in [0.4, 0.5) is 0 Å². The number of quaternary nitrogens is 1. The summed E-state index contributed by atoms with van der Waals surface area (Å²) < 4.78 is 34.0. The number of likely N-dealkylation sites (N-methyl/N-ethyl adjacent to an activating group) is 1. The number of allylic oxidation sites excluding steroid dienone is 8. The van der Waals surface area contributed by atoms with Crippen molar-refractivity contribution in [2.45, 2.75) is 161 Å². The van der Waals surface area contributed by atoms with E-state index in [0.717, 1.165) is 83.5 Å². The maximum absolute atomic E-state index is 12.6. The normalized spacial score (nSPS) is 14.2. The van der Waals surface area contributed by atoms with E-state index in [2.05, 4.69) is 62.5 Å². The third kappa shape index (κ3) is 37.7. The molecule has 0 saturated carbocycles. The highest BCUT2D eigenvalue weighted by Gasteiger charge is 2.27. The lowest BCUT2D eigenvalue weighted by Crippen LogP contribution is -2.37. The highest BCUT2D eigenvalue weighted by molar-refractivity contribution is 7.47. The number of hydrogen-bond acceptors (Lipinski definition) is 7. The first-order valence-corrected chi connectivity index (χ1v) is 21.9. The van der Waals surface area contributed by atoms with Crippen molar-refractivity contribution in [1.29, 1.82) is 0 Å². The van der Waals surface area contributed by atoms with Gasteiger partial charge in [0.25, 0.3) is 0 Å². The molecule has 0 radical (unpaired) electrons. The summed E-state index contributed by atoms with van der Waals surface area (Å²) in [6.07, 6.45) is 39.2. The van der Waals surface area contributed by atoms with Gasteiger partial charge in [-0.2, -0.15) is 0 Å². The van der Waals surface area contributed by atoms with Crippen LogP contribution in [0.15, 0.2) is 48.6 Å². The van der Waals surface area contributed by atoms with Crippen molar-refractivity contribution in [3.05, 3.63) is 48.6 Å². The number of carbonyl (C=O) groups is 2. The number of nitrogens with zero attached hydrogens (tertiary/aromatic N) is 1. The van der Waals surface area contributed by atoms with Crippen molar-refractivity contribution in [1.82, 2.24) is 0 Å². The van der Waals surface area contributed by atoms with Crippen molar-refractivity contribution >= 4 is 19.8 Å². The molecular weight excluding hydrogens is 677 g/mol. The summed E-state index contributed by atoms with van der Waals surface area (Å²) in [5.74, 6) is -0.820. The van der Waals surface area contributed by atoms with Gasteiger partial charge in [-0.15, -0.1) is 0 Å². The molecule has 52 heavy (non-hydrogen) atoms. The quantitative estimate of drug-likeness (QED) is 0.0221. The number of carbonyl (C=O) groups excluding carboxylic acids is 2. The van der Waals surface area contributed by atoms with Crippen molar-refractivity contribution in [2.24, 2.45) is 0 Å². The van der Waals surface area contributed by atoms with E-state index in [1.165, 1.54) is 38.5 Å². The van der Waals surface area contributed by atoms with Gasteiger partial charge in [-0.3, -0.25) is 18.6 Å². The number of rotatable bonds is 36. The maximum atomic E-state index is 12.6. The van der Waals surface area contributed by atoms with Crippen LogP contribution < -0.4 is 0 Å². The molecule has 0 fully saturated rings. The fraction of sp³-hybridized carbons (Fsp3) is 0.762. The molecule has 0 aromatic heterocycles. The minimum Gasteiger partial charge on any atom is -0.462 e. The smallest absolute Gasteiger partial charge is 0.462 e. The van der Waals surface area contributed by atoms with Crippen molar-refractivity contribution in [3.63, 3.8) is 0 Å². The number of hydrogen-bond donors (Lipinski definition) is 1. The molecule has 0 aliphatic heterocycles. The zero-order chi connectivity index (χ0) is 38.6. The van der Waals surface area contributed by atoms with Gasteiger partial charge in [0.15, 0.2) is 6.10 Å². The molecule has 0 rings (SSSR count). The predicted octanol–water partition coefficient (Wildman–Crippen LogP) is 11.1. The molecule has 9 nitrogen and oxygen atoms in total. The Morgan fingerprint density at radius 2 is 1.10 bits per heavy atom. The van der Waals surface area contributed by atoms with Gasteiger partial charge < -0.3 is 18.9 Å². The van der Waals surface area contributed by atoms with Gasteiger partial charge in [-0.05, 0) is 51.4 Å². The average Bonchev–Trinajstić information content (AvgIpc) is 3.09. The van der Waals surface area contributed by atoms with Crippen LogP contribution in [-0.2, 0) is 32.7 Å². The van der Waals surface area contributed by atoms with Gasteiger partial charge in [-0.1, -0.05) is 140 Å². The summed E-state index contributed by atoms with van der Waals surface area (Å²) in [7, 11) is 1.47. The van der Waals surface area contributed by atoms with Crippen molar-refractivity contribution in [3.8, 4) is 0 Å². The minimum absolute atomic E-state index is 0.0298. The standard InChI is InChI=1S/C42H76NO8P/c1-6-8-10-12-13-14-15-16-17-18-19-20-21-22-23-24-25-26-27-28-29-31-33-35-42(45)51-40(38-48-41(44)34-32-30-11-9-7-2)39-50-52(46,47)49-37-36-43(3,4)5/h8,10,13-14,16-17,19-20,40H,6-7,9,11-12,15,18,21-39H2,1-5H3/p+1/b10-8-,14-13-,17-16-,20-19-. The third-order valence-corrected chi connectivity index (χ3v) is 9.36. The van der Waals surface area contributed by atoms with E-state index < -0.39 is 26.5 Å². The molecule has 302 valence electrons. The number of phosphoric acid groups is 1. The molecule has 1 N–H and O–H groups in total. The second kappa shape index (κ2) is 34.7. The Kier molecular flexibility index (Phi) is 33.4. The number of unbranched alkanes of at least 4 members (excludes halogenated alkanes) is 14. The Balaban J connectivity index is 4.16. The molecule has 0 spiro atoms. The molecular formula is C42H77NO8P+. The Hall–Kier alpha value is -2.03. The second-order valence-electron chi connectivity index (χ2n) is 14.6. The Labute approximate surface area is 318 Å². The Morgan fingerprint density at radius 1 is 0.615 bits per heavy atom. The molecule has 0 aliphatic carbocycles. The summed E-state index contributed by atoms with van der Waals surface area (Å²) in [5, 5.41) is 0. The molecule has 10 heteroatoms. The lowest BCUT2D eigenvalue weighted by Gasteiger charge is -2.24. The van der Waals surface area contributed by atoms with Gasteiger partial charge in [0.2, 0.25) is 0 Å².